The van der Waals surface area contributed by atoms with Crippen LogP contribution in [0.2, 0.25) is 0 Å². The van der Waals surface area contributed by atoms with Gasteiger partial charge in [0, 0.05) is 19.1 Å². The van der Waals surface area contributed by atoms with Gasteiger partial charge in [-0.3, -0.25) is 0 Å². The zero-order valence-corrected chi connectivity index (χ0v) is 17.0. The summed E-state index contributed by atoms with van der Waals surface area (Å²) >= 11 is 0. The Morgan fingerprint density at radius 1 is 1.04 bits per heavy atom. The van der Waals surface area contributed by atoms with E-state index in [1.54, 1.807) is 4.31 Å². The first-order chi connectivity index (χ1) is 13.3. The molecule has 0 unspecified atom stereocenters. The molecule has 2 atom stereocenters. The van der Waals surface area contributed by atoms with Gasteiger partial charge in [0.05, 0.1) is 4.90 Å². The van der Waals surface area contributed by atoms with Crippen LogP contribution in [0, 0.1) is 17.8 Å². The van der Waals surface area contributed by atoms with Crippen molar-refractivity contribution < 1.29 is 21.9 Å². The molecule has 0 bridgehead atoms. The molecule has 0 radical (unpaired) electrons. The van der Waals surface area contributed by atoms with Gasteiger partial charge in [-0.25, -0.2) is 8.42 Å². The Kier molecular flexibility index (Phi) is 5.64. The normalized spacial score (nSPS) is 28.1. The minimum absolute atomic E-state index is 0.0362. The lowest BCUT2D eigenvalue weighted by Gasteiger charge is -2.35. The molecule has 2 aliphatic heterocycles. The third-order valence-electron chi connectivity index (χ3n) is 6.71. The summed E-state index contributed by atoms with van der Waals surface area (Å²) in [6.45, 7) is 2.85. The number of sulfonamides is 1. The van der Waals surface area contributed by atoms with E-state index in [1.807, 2.05) is 0 Å². The molecule has 156 valence electrons. The first-order valence-corrected chi connectivity index (χ1v) is 11.6. The number of likely N-dealkylation sites (tertiary alicyclic amines) is 1. The van der Waals surface area contributed by atoms with E-state index in [0.29, 0.717) is 31.0 Å². The number of hydrogen-bond acceptors (Lipinski definition) is 4. The maximum Gasteiger partial charge on any atom is 0.387 e. The number of nitrogens with zero attached hydrogens (tertiary/aromatic N) is 2. The maximum absolute atomic E-state index is 12.9. The lowest BCUT2D eigenvalue weighted by Crippen LogP contribution is -2.41. The van der Waals surface area contributed by atoms with Gasteiger partial charge in [0.1, 0.15) is 5.75 Å². The van der Waals surface area contributed by atoms with Crippen LogP contribution < -0.4 is 4.74 Å². The molecule has 1 aromatic rings. The molecular weight excluding hydrogens is 386 g/mol. The second-order valence-corrected chi connectivity index (χ2v) is 10.5. The van der Waals surface area contributed by atoms with Crippen molar-refractivity contribution in [2.24, 2.45) is 17.8 Å². The zero-order valence-electron chi connectivity index (χ0n) is 16.1. The Hall–Kier alpha value is -1.25. The zero-order chi connectivity index (χ0) is 19.9. The lowest BCUT2D eigenvalue weighted by atomic mass is 9.97. The van der Waals surface area contributed by atoms with Crippen LogP contribution in [0.4, 0.5) is 8.78 Å². The van der Waals surface area contributed by atoms with Gasteiger partial charge >= 0.3 is 6.61 Å². The molecule has 0 amide bonds. The summed E-state index contributed by atoms with van der Waals surface area (Å²) in [7, 11) is -3.60. The molecule has 1 saturated carbocycles. The van der Waals surface area contributed by atoms with E-state index >= 15 is 0 Å². The highest BCUT2D eigenvalue weighted by Gasteiger charge is 2.46. The minimum Gasteiger partial charge on any atom is -0.435 e. The standard InChI is InChI=1S/C20H28F2N2O3S/c1-14-6-8-23(9-7-14)17-10-15-12-24(13-16(15)11-17)28(25,26)19-4-2-18(3-5-19)27-20(21)22/h2-5,14-17,20H,6-13H2,1H3/t15-,16-/m0/s1. The average Bonchev–Trinajstić information content (AvgIpc) is 3.22. The molecule has 0 spiro atoms. The van der Waals surface area contributed by atoms with Crippen molar-refractivity contribution in [1.82, 2.24) is 9.21 Å². The number of rotatable bonds is 5. The summed E-state index contributed by atoms with van der Waals surface area (Å²) in [6, 6.07) is 5.85. The van der Waals surface area contributed by atoms with E-state index in [0.717, 1.165) is 18.8 Å². The van der Waals surface area contributed by atoms with E-state index in [2.05, 4.69) is 16.6 Å². The Bertz CT molecular complexity index is 765. The number of halogens is 2. The van der Waals surface area contributed by atoms with Crippen LogP contribution in [0.25, 0.3) is 0 Å². The maximum atomic E-state index is 12.9. The lowest BCUT2D eigenvalue weighted by molar-refractivity contribution is -0.0498. The first kappa shape index (κ1) is 20.0. The molecule has 2 heterocycles. The number of hydrogen-bond donors (Lipinski definition) is 0. The number of benzene rings is 1. The highest BCUT2D eigenvalue weighted by atomic mass is 32.2. The van der Waals surface area contributed by atoms with E-state index in [9.17, 15) is 17.2 Å². The smallest absolute Gasteiger partial charge is 0.387 e. The minimum atomic E-state index is -3.60. The Labute approximate surface area is 165 Å². The van der Waals surface area contributed by atoms with Gasteiger partial charge in [-0.15, -0.1) is 0 Å². The Balaban J connectivity index is 1.37. The summed E-state index contributed by atoms with van der Waals surface area (Å²) in [6.07, 6.45) is 4.67. The van der Waals surface area contributed by atoms with Gasteiger partial charge in [-0.2, -0.15) is 13.1 Å². The molecule has 3 fully saturated rings. The molecule has 2 saturated heterocycles. The van der Waals surface area contributed by atoms with Gasteiger partial charge in [-0.05, 0) is 80.8 Å². The monoisotopic (exact) mass is 414 g/mol. The highest BCUT2D eigenvalue weighted by Crippen LogP contribution is 2.42. The fourth-order valence-electron chi connectivity index (χ4n) is 5.06. The number of fused-ring (bicyclic) bond motifs is 1. The number of alkyl halides is 2. The van der Waals surface area contributed by atoms with Crippen molar-refractivity contribution in [1.29, 1.82) is 0 Å². The highest BCUT2D eigenvalue weighted by molar-refractivity contribution is 7.89. The van der Waals surface area contributed by atoms with E-state index in [-0.39, 0.29) is 10.6 Å². The van der Waals surface area contributed by atoms with Crippen LogP contribution >= 0.6 is 0 Å². The second-order valence-electron chi connectivity index (χ2n) is 8.54. The second kappa shape index (κ2) is 7.88. The molecule has 0 aromatic heterocycles. The van der Waals surface area contributed by atoms with Gasteiger partial charge in [-0.1, -0.05) is 6.92 Å². The van der Waals surface area contributed by atoms with Crippen LogP contribution in [0.15, 0.2) is 29.2 Å². The third kappa shape index (κ3) is 4.04. The SMILES string of the molecule is CC1CCN(C2C[C@H]3CN(S(=O)(=O)c4ccc(OC(F)F)cc4)C[C@@H]3C2)CC1. The van der Waals surface area contributed by atoms with Crippen molar-refractivity contribution >= 4 is 10.0 Å². The van der Waals surface area contributed by atoms with Crippen molar-refractivity contribution in [3.63, 3.8) is 0 Å². The van der Waals surface area contributed by atoms with Crippen LogP contribution in [-0.4, -0.2) is 56.5 Å². The van der Waals surface area contributed by atoms with Gasteiger partial charge in [0.15, 0.2) is 0 Å². The predicted octanol–water partition coefficient (Wildman–Crippen LogP) is 3.42. The van der Waals surface area contributed by atoms with Crippen LogP contribution in [-0.2, 0) is 10.0 Å². The van der Waals surface area contributed by atoms with Crippen molar-refractivity contribution in [3.8, 4) is 5.75 Å². The molecule has 5 nitrogen and oxygen atoms in total. The average molecular weight is 415 g/mol. The molecule has 3 aliphatic rings. The van der Waals surface area contributed by atoms with Crippen molar-refractivity contribution in [2.45, 2.75) is 50.2 Å². The molecular formula is C20H28F2N2O3S. The van der Waals surface area contributed by atoms with Crippen LogP contribution in [0.3, 0.4) is 0 Å². The molecule has 0 N–H and O–H groups in total. The molecule has 4 rings (SSSR count). The van der Waals surface area contributed by atoms with E-state index in [1.165, 1.54) is 50.2 Å². The van der Waals surface area contributed by atoms with Gasteiger partial charge < -0.3 is 9.64 Å². The summed E-state index contributed by atoms with van der Waals surface area (Å²) in [5.41, 5.74) is 0. The summed E-state index contributed by atoms with van der Waals surface area (Å²) in [5, 5.41) is 0. The van der Waals surface area contributed by atoms with E-state index < -0.39 is 16.6 Å². The summed E-state index contributed by atoms with van der Waals surface area (Å²) in [4.78, 5) is 2.74. The number of ether oxygens (including phenoxy) is 1. The molecule has 1 aliphatic carbocycles. The van der Waals surface area contributed by atoms with Crippen molar-refractivity contribution in [3.05, 3.63) is 24.3 Å². The first-order valence-electron chi connectivity index (χ1n) is 10.1. The molecule has 8 heteroatoms. The summed E-state index contributed by atoms with van der Waals surface area (Å²) in [5.74, 6) is 1.61. The topological polar surface area (TPSA) is 49.9 Å². The van der Waals surface area contributed by atoms with Crippen LogP contribution in [0.1, 0.15) is 32.6 Å². The fourth-order valence-corrected chi connectivity index (χ4v) is 6.61. The van der Waals surface area contributed by atoms with Gasteiger partial charge in [0.25, 0.3) is 0 Å². The van der Waals surface area contributed by atoms with Gasteiger partial charge in [0.2, 0.25) is 10.0 Å². The third-order valence-corrected chi connectivity index (χ3v) is 8.56. The van der Waals surface area contributed by atoms with Crippen molar-refractivity contribution in [2.75, 3.05) is 26.2 Å². The largest absolute Gasteiger partial charge is 0.435 e. The number of piperidine rings is 1. The predicted molar refractivity (Wildman–Crippen MR) is 102 cm³/mol. The molecule has 28 heavy (non-hydrogen) atoms. The summed E-state index contributed by atoms with van der Waals surface area (Å²) < 4.78 is 56.3. The Morgan fingerprint density at radius 3 is 2.14 bits per heavy atom. The Morgan fingerprint density at radius 2 is 1.61 bits per heavy atom. The van der Waals surface area contributed by atoms with Crippen LogP contribution in [0.5, 0.6) is 5.75 Å². The molecule has 1 aromatic carbocycles. The van der Waals surface area contributed by atoms with E-state index in [4.69, 9.17) is 0 Å². The fraction of sp³-hybridized carbons (Fsp3) is 0.700. The quantitative estimate of drug-likeness (QED) is 0.741.